The summed E-state index contributed by atoms with van der Waals surface area (Å²) in [7, 11) is 2.17. The lowest BCUT2D eigenvalue weighted by Gasteiger charge is -2.32. The maximum absolute atomic E-state index is 9.91. The van der Waals surface area contributed by atoms with E-state index in [9.17, 15) is 5.11 Å². The summed E-state index contributed by atoms with van der Waals surface area (Å²) in [5, 5.41) is 11.3. The Bertz CT molecular complexity index is 1370. The Kier molecular flexibility index (Phi) is 7.85. The molecule has 2 heterocycles. The first-order valence-corrected chi connectivity index (χ1v) is 13.2. The van der Waals surface area contributed by atoms with Crippen molar-refractivity contribution in [3.63, 3.8) is 0 Å². The van der Waals surface area contributed by atoms with Crippen LogP contribution in [0.15, 0.2) is 77.2 Å². The molecule has 0 radical (unpaired) electrons. The van der Waals surface area contributed by atoms with Gasteiger partial charge in [0, 0.05) is 44.2 Å². The Labute approximate surface area is 223 Å². The van der Waals surface area contributed by atoms with E-state index in [0.717, 1.165) is 78.1 Å². The van der Waals surface area contributed by atoms with Gasteiger partial charge in [0.2, 0.25) is 0 Å². The first-order valence-electron chi connectivity index (χ1n) is 12.9. The predicted molar refractivity (Wildman–Crippen MR) is 151 cm³/mol. The Morgan fingerprint density at radius 2 is 1.54 bits per heavy atom. The first kappa shape index (κ1) is 25.4. The van der Waals surface area contributed by atoms with Gasteiger partial charge in [-0.3, -0.25) is 4.90 Å². The van der Waals surface area contributed by atoms with Crippen molar-refractivity contribution in [1.82, 2.24) is 9.80 Å². The van der Waals surface area contributed by atoms with Crippen LogP contribution in [-0.2, 0) is 0 Å². The number of fused-ring (bicyclic) bond motifs is 1. The predicted octanol–water partition coefficient (Wildman–Crippen LogP) is 6.79. The topological polar surface area (TPSA) is 49.1 Å². The normalized spacial score (nSPS) is 15.6. The van der Waals surface area contributed by atoms with Crippen LogP contribution in [0.4, 0.5) is 0 Å². The Morgan fingerprint density at radius 3 is 2.22 bits per heavy atom. The number of hydrogen-bond donors (Lipinski definition) is 1. The molecule has 0 amide bonds. The van der Waals surface area contributed by atoms with Crippen molar-refractivity contribution in [2.45, 2.75) is 13.3 Å². The highest BCUT2D eigenvalue weighted by Gasteiger charge is 2.16. The van der Waals surface area contributed by atoms with Gasteiger partial charge in [0.25, 0.3) is 0 Å². The van der Waals surface area contributed by atoms with Crippen LogP contribution in [0.3, 0.4) is 0 Å². The van der Waals surface area contributed by atoms with E-state index in [0.29, 0.717) is 11.8 Å². The van der Waals surface area contributed by atoms with Gasteiger partial charge >= 0.3 is 0 Å². The number of aromatic hydroxyl groups is 1. The SMILES string of the molecule is CCC(=C(c1ccc(O)cc1)c1ccc(OCCN2CCN(C)CC2)cc1)c1ccc2oc(Cl)cc2c1. The van der Waals surface area contributed by atoms with Gasteiger partial charge in [-0.25, -0.2) is 0 Å². The second-order valence-electron chi connectivity index (χ2n) is 9.57. The molecule has 5 nitrogen and oxygen atoms in total. The summed E-state index contributed by atoms with van der Waals surface area (Å²) in [6.07, 6.45) is 0.830. The zero-order chi connectivity index (χ0) is 25.8. The highest BCUT2D eigenvalue weighted by atomic mass is 35.5. The van der Waals surface area contributed by atoms with E-state index in [-0.39, 0.29) is 5.75 Å². The summed E-state index contributed by atoms with van der Waals surface area (Å²) in [4.78, 5) is 4.82. The van der Waals surface area contributed by atoms with E-state index in [4.69, 9.17) is 20.8 Å². The molecule has 1 N–H and O–H groups in total. The first-order chi connectivity index (χ1) is 18.0. The quantitative estimate of drug-likeness (QED) is 0.261. The molecule has 37 heavy (non-hydrogen) atoms. The third-order valence-corrected chi connectivity index (χ3v) is 7.25. The van der Waals surface area contributed by atoms with Crippen molar-refractivity contribution in [1.29, 1.82) is 0 Å². The van der Waals surface area contributed by atoms with E-state index in [1.807, 2.05) is 36.4 Å². The van der Waals surface area contributed by atoms with Gasteiger partial charge in [0.1, 0.15) is 23.7 Å². The fourth-order valence-electron chi connectivity index (χ4n) is 4.95. The van der Waals surface area contributed by atoms with Crippen LogP contribution in [0.5, 0.6) is 11.5 Å². The average Bonchev–Trinajstić information content (AvgIpc) is 3.29. The van der Waals surface area contributed by atoms with Crippen molar-refractivity contribution >= 4 is 33.7 Å². The molecule has 5 rings (SSSR count). The molecular formula is C31H33ClN2O3. The second-order valence-corrected chi connectivity index (χ2v) is 9.95. The maximum atomic E-state index is 9.91. The van der Waals surface area contributed by atoms with Crippen LogP contribution >= 0.6 is 11.6 Å². The highest BCUT2D eigenvalue weighted by Crippen LogP contribution is 2.37. The standard InChI is InChI=1S/C31H33ClN2O3/c1-3-28(24-8-13-29-25(20-24)21-30(32)37-29)31(22-4-9-26(35)10-5-22)23-6-11-27(12-7-23)36-19-18-34-16-14-33(2)15-17-34/h4-13,20-21,35H,3,14-19H2,1-2H3. The van der Waals surface area contributed by atoms with Gasteiger partial charge < -0.3 is 19.2 Å². The van der Waals surface area contributed by atoms with Gasteiger partial charge in [0.15, 0.2) is 5.22 Å². The number of likely N-dealkylation sites (N-methyl/N-ethyl adjacent to an activating group) is 1. The zero-order valence-electron chi connectivity index (χ0n) is 21.4. The number of phenolic OH excluding ortho intramolecular Hbond substituents is 1. The number of nitrogens with zero attached hydrogens (tertiary/aromatic N) is 2. The van der Waals surface area contributed by atoms with Crippen molar-refractivity contribution in [2.24, 2.45) is 0 Å². The summed E-state index contributed by atoms with van der Waals surface area (Å²) in [6, 6.07) is 23.8. The maximum Gasteiger partial charge on any atom is 0.194 e. The van der Waals surface area contributed by atoms with E-state index >= 15 is 0 Å². The molecule has 0 bridgehead atoms. The molecule has 0 aliphatic carbocycles. The van der Waals surface area contributed by atoms with Crippen molar-refractivity contribution in [2.75, 3.05) is 46.4 Å². The highest BCUT2D eigenvalue weighted by molar-refractivity contribution is 6.29. The average molecular weight is 517 g/mol. The molecule has 0 unspecified atom stereocenters. The smallest absolute Gasteiger partial charge is 0.194 e. The number of allylic oxidation sites excluding steroid dienone is 1. The fraction of sp³-hybridized carbons (Fsp3) is 0.290. The number of rotatable bonds is 8. The number of halogens is 1. The number of ether oxygens (including phenoxy) is 1. The number of phenols is 1. The molecule has 4 aromatic rings. The molecule has 6 heteroatoms. The van der Waals surface area contributed by atoms with Gasteiger partial charge in [-0.2, -0.15) is 0 Å². The van der Waals surface area contributed by atoms with Gasteiger partial charge in [0.05, 0.1) is 0 Å². The minimum absolute atomic E-state index is 0.250. The number of piperazine rings is 1. The van der Waals surface area contributed by atoms with Crippen LogP contribution in [0, 0.1) is 0 Å². The molecule has 3 aromatic carbocycles. The van der Waals surface area contributed by atoms with Gasteiger partial charge in [-0.1, -0.05) is 37.3 Å². The molecule has 1 aliphatic heterocycles. The third-order valence-electron chi connectivity index (χ3n) is 7.06. The van der Waals surface area contributed by atoms with Crippen molar-refractivity contribution in [3.05, 3.63) is 94.7 Å². The van der Waals surface area contributed by atoms with Crippen LogP contribution in [0.25, 0.3) is 22.1 Å². The minimum Gasteiger partial charge on any atom is -0.508 e. The fourth-order valence-corrected chi connectivity index (χ4v) is 5.15. The zero-order valence-corrected chi connectivity index (χ0v) is 22.2. The van der Waals surface area contributed by atoms with Crippen LogP contribution < -0.4 is 4.74 Å². The van der Waals surface area contributed by atoms with E-state index in [2.05, 4.69) is 48.0 Å². The van der Waals surface area contributed by atoms with Gasteiger partial charge in [-0.15, -0.1) is 0 Å². The van der Waals surface area contributed by atoms with Crippen LogP contribution in [0.2, 0.25) is 5.22 Å². The molecule has 1 saturated heterocycles. The Hall–Kier alpha value is -3.25. The number of benzene rings is 3. The monoisotopic (exact) mass is 516 g/mol. The molecule has 1 fully saturated rings. The van der Waals surface area contributed by atoms with E-state index in [1.165, 1.54) is 5.57 Å². The molecule has 1 aromatic heterocycles. The Balaban J connectivity index is 1.43. The van der Waals surface area contributed by atoms with E-state index in [1.54, 1.807) is 12.1 Å². The molecule has 192 valence electrons. The largest absolute Gasteiger partial charge is 0.508 e. The van der Waals surface area contributed by atoms with Gasteiger partial charge in [-0.05, 0) is 89.3 Å². The molecule has 1 aliphatic rings. The lowest BCUT2D eigenvalue weighted by molar-refractivity contribution is 0.134. The third kappa shape index (κ3) is 6.02. The lowest BCUT2D eigenvalue weighted by atomic mass is 9.88. The molecule has 0 atom stereocenters. The summed E-state index contributed by atoms with van der Waals surface area (Å²) in [5.41, 5.74) is 6.36. The van der Waals surface area contributed by atoms with E-state index < -0.39 is 0 Å². The summed E-state index contributed by atoms with van der Waals surface area (Å²) >= 11 is 6.10. The molecule has 0 saturated carbocycles. The molecular weight excluding hydrogens is 484 g/mol. The molecule has 0 spiro atoms. The second kappa shape index (κ2) is 11.4. The lowest BCUT2D eigenvalue weighted by Crippen LogP contribution is -2.45. The minimum atomic E-state index is 0.250. The number of furan rings is 1. The Morgan fingerprint density at radius 1 is 0.892 bits per heavy atom. The summed E-state index contributed by atoms with van der Waals surface area (Å²) < 4.78 is 11.7. The summed E-state index contributed by atoms with van der Waals surface area (Å²) in [6.45, 7) is 8.19. The van der Waals surface area contributed by atoms with Crippen LogP contribution in [0.1, 0.15) is 30.0 Å². The van der Waals surface area contributed by atoms with Crippen LogP contribution in [-0.4, -0.2) is 61.3 Å². The number of hydrogen-bond acceptors (Lipinski definition) is 5. The van der Waals surface area contributed by atoms with Crippen molar-refractivity contribution in [3.8, 4) is 11.5 Å². The summed E-state index contributed by atoms with van der Waals surface area (Å²) in [5.74, 6) is 1.12. The van der Waals surface area contributed by atoms with Crippen molar-refractivity contribution < 1.29 is 14.3 Å².